The fourth-order valence-electron chi connectivity index (χ4n) is 1.41. The molecule has 16 heavy (non-hydrogen) atoms. The average molecular weight is 264 g/mol. The summed E-state index contributed by atoms with van der Waals surface area (Å²) >= 11 is 0. The molecular formula is C10H15Cl2N3O. The summed E-state index contributed by atoms with van der Waals surface area (Å²) in [7, 11) is 1.78. The van der Waals surface area contributed by atoms with Crippen LogP contribution in [-0.4, -0.2) is 30.5 Å². The molecule has 0 spiro atoms. The number of nitrogens with one attached hydrogen (secondary N) is 1. The van der Waals surface area contributed by atoms with Crippen LogP contribution >= 0.6 is 24.8 Å². The Labute approximate surface area is 107 Å². The highest BCUT2D eigenvalue weighted by atomic mass is 35.5. The molecule has 1 aromatic rings. The minimum absolute atomic E-state index is 0. The first-order chi connectivity index (χ1) is 6.79. The zero-order valence-corrected chi connectivity index (χ0v) is 10.6. The lowest BCUT2D eigenvalue weighted by molar-refractivity contribution is -0.121. The third kappa shape index (κ3) is 3.07. The van der Waals surface area contributed by atoms with Gasteiger partial charge in [-0.1, -0.05) is 0 Å². The number of aromatic nitrogens is 1. The first-order valence-electron chi connectivity index (χ1n) is 4.70. The van der Waals surface area contributed by atoms with Crippen LogP contribution in [0.3, 0.4) is 0 Å². The van der Waals surface area contributed by atoms with E-state index >= 15 is 0 Å². The van der Waals surface area contributed by atoms with E-state index < -0.39 is 0 Å². The molecule has 1 aromatic heterocycles. The number of halogens is 2. The molecule has 4 nitrogen and oxygen atoms in total. The van der Waals surface area contributed by atoms with E-state index in [1.54, 1.807) is 24.3 Å². The second-order valence-electron chi connectivity index (χ2n) is 3.40. The second kappa shape index (κ2) is 6.68. The first kappa shape index (κ1) is 15.2. The van der Waals surface area contributed by atoms with E-state index in [9.17, 15) is 4.79 Å². The van der Waals surface area contributed by atoms with Gasteiger partial charge in [0.15, 0.2) is 0 Å². The Morgan fingerprint density at radius 2 is 2.25 bits per heavy atom. The molecule has 0 saturated carbocycles. The van der Waals surface area contributed by atoms with Gasteiger partial charge in [0.05, 0.1) is 17.9 Å². The van der Waals surface area contributed by atoms with Crippen molar-refractivity contribution in [1.29, 1.82) is 0 Å². The van der Waals surface area contributed by atoms with Crippen LogP contribution in [0.15, 0.2) is 24.5 Å². The lowest BCUT2D eigenvalue weighted by Gasteiger charge is -2.30. The van der Waals surface area contributed by atoms with E-state index in [0.29, 0.717) is 0 Å². The van der Waals surface area contributed by atoms with Crippen molar-refractivity contribution >= 4 is 36.4 Å². The highest BCUT2D eigenvalue weighted by molar-refractivity contribution is 5.97. The Bertz CT molecular complexity index is 330. The molecule has 1 aliphatic rings. The summed E-state index contributed by atoms with van der Waals surface area (Å²) in [6, 6.07) is 3.71. The second-order valence-corrected chi connectivity index (χ2v) is 3.40. The summed E-state index contributed by atoms with van der Waals surface area (Å²) in [6.07, 6.45) is 4.32. The largest absolute Gasteiger partial charge is 0.313 e. The normalized spacial score (nSPS) is 17.4. The average Bonchev–Trinajstić information content (AvgIpc) is 2.15. The lowest BCUT2D eigenvalue weighted by atomic mass is 10.1. The van der Waals surface area contributed by atoms with Gasteiger partial charge in [-0.25, -0.2) is 0 Å². The molecule has 90 valence electrons. The Balaban J connectivity index is 0.00000112. The quantitative estimate of drug-likeness (QED) is 0.874. The van der Waals surface area contributed by atoms with Crippen LogP contribution in [0.1, 0.15) is 6.42 Å². The maximum atomic E-state index is 11.8. The van der Waals surface area contributed by atoms with Crippen LogP contribution < -0.4 is 10.2 Å². The summed E-state index contributed by atoms with van der Waals surface area (Å²) in [5.74, 6) is 0.115. The molecule has 1 saturated heterocycles. The van der Waals surface area contributed by atoms with Gasteiger partial charge in [-0.05, 0) is 25.1 Å². The van der Waals surface area contributed by atoms with Crippen molar-refractivity contribution < 1.29 is 4.79 Å². The van der Waals surface area contributed by atoms with Crippen molar-refractivity contribution in [3.05, 3.63) is 24.5 Å². The van der Waals surface area contributed by atoms with Gasteiger partial charge in [0.2, 0.25) is 5.91 Å². The number of carbonyl (C=O) groups excluding carboxylic acids is 1. The molecule has 1 fully saturated rings. The minimum atomic E-state index is 0. The number of likely N-dealkylation sites (N-methyl/N-ethyl adjacent to an activating group) is 1. The molecule has 2 heterocycles. The highest BCUT2D eigenvalue weighted by Gasteiger charge is 2.27. The van der Waals surface area contributed by atoms with E-state index in [0.717, 1.165) is 18.7 Å². The number of anilines is 1. The third-order valence-corrected chi connectivity index (χ3v) is 2.49. The fraction of sp³-hybridized carbons (Fsp3) is 0.400. The van der Waals surface area contributed by atoms with Crippen molar-refractivity contribution in [2.24, 2.45) is 0 Å². The molecule has 0 aliphatic carbocycles. The van der Waals surface area contributed by atoms with Gasteiger partial charge in [-0.15, -0.1) is 24.8 Å². The molecule has 1 atom stereocenters. The molecule has 1 aliphatic heterocycles. The molecule has 0 radical (unpaired) electrons. The number of rotatable bonds is 2. The predicted octanol–water partition coefficient (Wildman–Crippen LogP) is 1.25. The van der Waals surface area contributed by atoms with Crippen LogP contribution in [0.4, 0.5) is 5.69 Å². The van der Waals surface area contributed by atoms with Gasteiger partial charge in [0, 0.05) is 13.2 Å². The zero-order valence-electron chi connectivity index (χ0n) is 8.92. The predicted molar refractivity (Wildman–Crippen MR) is 68.6 cm³/mol. The summed E-state index contributed by atoms with van der Waals surface area (Å²) < 4.78 is 0. The number of carbonyl (C=O) groups is 1. The topological polar surface area (TPSA) is 45.2 Å². The van der Waals surface area contributed by atoms with Crippen LogP contribution in [-0.2, 0) is 4.79 Å². The molecule has 0 unspecified atom stereocenters. The van der Waals surface area contributed by atoms with Gasteiger partial charge in [-0.3, -0.25) is 9.78 Å². The molecule has 0 aromatic carbocycles. The molecule has 0 bridgehead atoms. The number of hydrogen-bond donors (Lipinski definition) is 1. The molecular weight excluding hydrogens is 249 g/mol. The van der Waals surface area contributed by atoms with Crippen molar-refractivity contribution in [2.45, 2.75) is 12.5 Å². The van der Waals surface area contributed by atoms with E-state index in [4.69, 9.17) is 0 Å². The zero-order chi connectivity index (χ0) is 9.97. The summed E-state index contributed by atoms with van der Waals surface area (Å²) in [5, 5.41) is 3.08. The van der Waals surface area contributed by atoms with E-state index in [1.165, 1.54) is 0 Å². The first-order valence-corrected chi connectivity index (χ1v) is 4.70. The number of amides is 1. The summed E-state index contributed by atoms with van der Waals surface area (Å²) in [4.78, 5) is 17.4. The van der Waals surface area contributed by atoms with Crippen molar-refractivity contribution in [2.75, 3.05) is 18.5 Å². The Morgan fingerprint density at radius 1 is 1.56 bits per heavy atom. The SMILES string of the molecule is CN(C(=O)[C@H]1CCN1)c1cccnc1.Cl.Cl. The van der Waals surface area contributed by atoms with Gasteiger partial charge in [0.1, 0.15) is 0 Å². The molecule has 6 heteroatoms. The lowest BCUT2D eigenvalue weighted by Crippen LogP contribution is -2.53. The van der Waals surface area contributed by atoms with E-state index in [1.807, 2.05) is 12.1 Å². The number of pyridine rings is 1. The van der Waals surface area contributed by atoms with Gasteiger partial charge >= 0.3 is 0 Å². The minimum Gasteiger partial charge on any atom is -0.313 e. The third-order valence-electron chi connectivity index (χ3n) is 2.49. The number of nitrogens with zero attached hydrogens (tertiary/aromatic N) is 2. The summed E-state index contributed by atoms with van der Waals surface area (Å²) in [6.45, 7) is 0.942. The Hall–Kier alpha value is -0.840. The maximum Gasteiger partial charge on any atom is 0.243 e. The summed E-state index contributed by atoms with van der Waals surface area (Å²) in [5.41, 5.74) is 0.839. The molecule has 1 N–H and O–H groups in total. The van der Waals surface area contributed by atoms with Gasteiger partial charge in [-0.2, -0.15) is 0 Å². The fourth-order valence-corrected chi connectivity index (χ4v) is 1.41. The highest BCUT2D eigenvalue weighted by Crippen LogP contribution is 2.13. The van der Waals surface area contributed by atoms with Crippen molar-refractivity contribution in [1.82, 2.24) is 10.3 Å². The number of hydrogen-bond acceptors (Lipinski definition) is 3. The smallest absolute Gasteiger partial charge is 0.243 e. The Kier molecular flexibility index (Phi) is 6.33. The van der Waals surface area contributed by atoms with E-state index in [2.05, 4.69) is 10.3 Å². The standard InChI is InChI=1S/C10H13N3O.2ClH/c1-13(8-3-2-5-11-7-8)10(14)9-4-6-12-9;;/h2-3,5,7,9,12H,4,6H2,1H3;2*1H/t9-;;/m1../s1. The van der Waals surface area contributed by atoms with Gasteiger partial charge in [0.25, 0.3) is 0 Å². The van der Waals surface area contributed by atoms with Crippen molar-refractivity contribution in [3.63, 3.8) is 0 Å². The molecule has 2 rings (SSSR count). The van der Waals surface area contributed by atoms with Crippen LogP contribution in [0.25, 0.3) is 0 Å². The van der Waals surface area contributed by atoms with Crippen LogP contribution in [0, 0.1) is 0 Å². The Morgan fingerprint density at radius 3 is 2.69 bits per heavy atom. The van der Waals surface area contributed by atoms with Gasteiger partial charge < -0.3 is 10.2 Å². The van der Waals surface area contributed by atoms with Crippen LogP contribution in [0.2, 0.25) is 0 Å². The maximum absolute atomic E-state index is 11.8. The molecule has 1 amide bonds. The van der Waals surface area contributed by atoms with Crippen molar-refractivity contribution in [3.8, 4) is 0 Å². The van der Waals surface area contributed by atoms with E-state index in [-0.39, 0.29) is 36.8 Å². The van der Waals surface area contributed by atoms with Crippen LogP contribution in [0.5, 0.6) is 0 Å². The monoisotopic (exact) mass is 263 g/mol.